The first-order valence-corrected chi connectivity index (χ1v) is 8.10. The Kier molecular flexibility index (Phi) is 6.60. The van der Waals surface area contributed by atoms with Crippen molar-refractivity contribution in [2.45, 2.75) is 25.7 Å². The summed E-state index contributed by atoms with van der Waals surface area (Å²) < 4.78 is 10.7. The van der Waals surface area contributed by atoms with Gasteiger partial charge < -0.3 is 20.2 Å². The zero-order chi connectivity index (χ0) is 16.2. The second-order valence-corrected chi connectivity index (χ2v) is 6.06. The molecule has 1 amide bonds. The van der Waals surface area contributed by atoms with Gasteiger partial charge in [0.25, 0.3) is 0 Å². The zero-order valence-corrected chi connectivity index (χ0v) is 14.6. The fourth-order valence-electron chi connectivity index (χ4n) is 3.25. The largest absolute Gasteiger partial charge is 0.441 e. The van der Waals surface area contributed by atoms with Crippen LogP contribution in [0.5, 0.6) is 0 Å². The molecule has 1 aromatic heterocycles. The first kappa shape index (κ1) is 18.7. The Morgan fingerprint density at radius 1 is 1.46 bits per heavy atom. The number of halogens is 1. The number of aromatic nitrogens is 1. The van der Waals surface area contributed by atoms with Crippen LogP contribution in [-0.2, 0) is 16.0 Å². The molecule has 3 N–H and O–H groups in total. The van der Waals surface area contributed by atoms with E-state index in [-0.39, 0.29) is 24.2 Å². The van der Waals surface area contributed by atoms with E-state index in [0.29, 0.717) is 31.4 Å². The monoisotopic (exact) mass is 353 g/mol. The number of fused-ring (bicyclic) bond motifs is 1. The first-order chi connectivity index (χ1) is 11.2. The summed E-state index contributed by atoms with van der Waals surface area (Å²) in [5, 5.41) is 2.99. The number of ether oxygens (including phenoxy) is 1. The highest BCUT2D eigenvalue weighted by atomic mass is 35.5. The molecular formula is C17H24ClN3O3. The molecule has 1 aliphatic carbocycles. The molecule has 1 fully saturated rings. The number of oxazole rings is 1. The molecule has 2 aromatic rings. The van der Waals surface area contributed by atoms with Gasteiger partial charge in [-0.05, 0) is 43.5 Å². The molecule has 2 atom stereocenters. The summed E-state index contributed by atoms with van der Waals surface area (Å²) >= 11 is 0. The summed E-state index contributed by atoms with van der Waals surface area (Å²) in [5.74, 6) is 1.02. The van der Waals surface area contributed by atoms with E-state index in [4.69, 9.17) is 14.9 Å². The maximum absolute atomic E-state index is 12.4. The molecule has 0 radical (unpaired) electrons. The van der Waals surface area contributed by atoms with Gasteiger partial charge in [0.1, 0.15) is 5.52 Å². The number of nitrogens with zero attached hydrogens (tertiary/aromatic N) is 1. The Bertz CT molecular complexity index is 689. The molecule has 7 heteroatoms. The lowest BCUT2D eigenvalue weighted by molar-refractivity contribution is -0.120. The summed E-state index contributed by atoms with van der Waals surface area (Å²) in [6.07, 6.45) is 3.67. The lowest BCUT2D eigenvalue weighted by Crippen LogP contribution is -2.29. The first-order valence-electron chi connectivity index (χ1n) is 8.10. The molecule has 6 nitrogen and oxygen atoms in total. The van der Waals surface area contributed by atoms with Crippen LogP contribution in [0, 0.1) is 11.8 Å². The Morgan fingerprint density at radius 3 is 3.04 bits per heavy atom. The number of carbonyl (C=O) groups excluding carboxylic acids is 1. The van der Waals surface area contributed by atoms with Gasteiger partial charge in [-0.3, -0.25) is 4.79 Å². The lowest BCUT2D eigenvalue weighted by Gasteiger charge is -2.17. The van der Waals surface area contributed by atoms with Gasteiger partial charge in [0.05, 0.1) is 6.61 Å². The molecule has 1 heterocycles. The van der Waals surface area contributed by atoms with Crippen LogP contribution >= 0.6 is 12.4 Å². The third kappa shape index (κ3) is 4.06. The van der Waals surface area contributed by atoms with Gasteiger partial charge in [0, 0.05) is 25.1 Å². The molecule has 0 spiro atoms. The van der Waals surface area contributed by atoms with Crippen molar-refractivity contribution in [3.8, 4) is 0 Å². The van der Waals surface area contributed by atoms with Crippen molar-refractivity contribution in [1.29, 1.82) is 0 Å². The van der Waals surface area contributed by atoms with Crippen molar-refractivity contribution in [1.82, 2.24) is 4.98 Å². The SMILES string of the molecule is COCCc1nc2cc(NC(=O)[C@@H]3CCC[C@@H]3CN)ccc2o1.Cl. The summed E-state index contributed by atoms with van der Waals surface area (Å²) in [5.41, 5.74) is 7.97. The Hall–Kier alpha value is -1.63. The lowest BCUT2D eigenvalue weighted by atomic mass is 9.95. The number of anilines is 1. The number of rotatable bonds is 6. The summed E-state index contributed by atoms with van der Waals surface area (Å²) in [4.78, 5) is 16.9. The number of hydrogen-bond donors (Lipinski definition) is 2. The number of amides is 1. The van der Waals surface area contributed by atoms with E-state index >= 15 is 0 Å². The van der Waals surface area contributed by atoms with Crippen molar-refractivity contribution < 1.29 is 13.9 Å². The molecule has 24 heavy (non-hydrogen) atoms. The molecule has 1 saturated carbocycles. The third-order valence-corrected chi connectivity index (χ3v) is 4.52. The smallest absolute Gasteiger partial charge is 0.227 e. The fourth-order valence-corrected chi connectivity index (χ4v) is 3.25. The van der Waals surface area contributed by atoms with Gasteiger partial charge in [0.15, 0.2) is 11.5 Å². The number of benzene rings is 1. The van der Waals surface area contributed by atoms with Crippen LogP contribution < -0.4 is 11.1 Å². The van der Waals surface area contributed by atoms with Crippen LogP contribution in [0.25, 0.3) is 11.1 Å². The molecule has 3 rings (SSSR count). The van der Waals surface area contributed by atoms with E-state index in [9.17, 15) is 4.79 Å². The van der Waals surface area contributed by atoms with Crippen LogP contribution in [0.15, 0.2) is 22.6 Å². The molecule has 0 unspecified atom stereocenters. The van der Waals surface area contributed by atoms with Crippen molar-refractivity contribution in [2.75, 3.05) is 25.6 Å². The van der Waals surface area contributed by atoms with E-state index < -0.39 is 0 Å². The molecule has 0 aliphatic heterocycles. The Labute approximate surface area is 147 Å². The number of nitrogens with two attached hydrogens (primary N) is 1. The van der Waals surface area contributed by atoms with Crippen molar-refractivity contribution in [3.63, 3.8) is 0 Å². The van der Waals surface area contributed by atoms with Gasteiger partial charge in [-0.15, -0.1) is 12.4 Å². The van der Waals surface area contributed by atoms with Gasteiger partial charge in [-0.25, -0.2) is 4.98 Å². The predicted octanol–water partition coefficient (Wildman–Crippen LogP) is 2.75. The average Bonchev–Trinajstić information content (AvgIpc) is 3.18. The second-order valence-electron chi connectivity index (χ2n) is 6.06. The fraction of sp³-hybridized carbons (Fsp3) is 0.529. The van der Waals surface area contributed by atoms with Gasteiger partial charge >= 0.3 is 0 Å². The molecule has 0 saturated heterocycles. The van der Waals surface area contributed by atoms with Crippen molar-refractivity contribution in [2.24, 2.45) is 17.6 Å². The highest BCUT2D eigenvalue weighted by Crippen LogP contribution is 2.32. The highest BCUT2D eigenvalue weighted by molar-refractivity contribution is 5.94. The van der Waals surface area contributed by atoms with Crippen molar-refractivity contribution in [3.05, 3.63) is 24.1 Å². The maximum atomic E-state index is 12.4. The van der Waals surface area contributed by atoms with E-state index in [0.717, 1.165) is 36.0 Å². The van der Waals surface area contributed by atoms with E-state index in [1.807, 2.05) is 18.2 Å². The minimum atomic E-state index is 0. The molecule has 0 bridgehead atoms. The Balaban J connectivity index is 0.00000208. The quantitative estimate of drug-likeness (QED) is 0.833. The van der Waals surface area contributed by atoms with Gasteiger partial charge in [0.2, 0.25) is 5.91 Å². The summed E-state index contributed by atoms with van der Waals surface area (Å²) in [7, 11) is 1.65. The average molecular weight is 354 g/mol. The number of nitrogens with one attached hydrogen (secondary N) is 1. The topological polar surface area (TPSA) is 90.4 Å². The third-order valence-electron chi connectivity index (χ3n) is 4.52. The normalized spacial score (nSPS) is 20.1. The van der Waals surface area contributed by atoms with Crippen LogP contribution in [0.4, 0.5) is 5.69 Å². The molecule has 132 valence electrons. The standard InChI is InChI=1S/C17H23N3O3.ClH/c1-22-8-7-16-20-14-9-12(5-6-15(14)23-16)19-17(21)13-4-2-3-11(13)10-18;/h5-6,9,11,13H,2-4,7-8,10,18H2,1H3,(H,19,21);1H/t11-,13-;/m1./s1. The highest BCUT2D eigenvalue weighted by Gasteiger charge is 2.31. The number of methoxy groups -OCH3 is 1. The predicted molar refractivity (Wildman–Crippen MR) is 95.4 cm³/mol. The minimum Gasteiger partial charge on any atom is -0.441 e. The van der Waals surface area contributed by atoms with E-state index in [2.05, 4.69) is 10.3 Å². The van der Waals surface area contributed by atoms with Gasteiger partial charge in [-0.1, -0.05) is 6.42 Å². The molecular weight excluding hydrogens is 330 g/mol. The van der Waals surface area contributed by atoms with E-state index in [1.54, 1.807) is 7.11 Å². The molecule has 1 aliphatic rings. The van der Waals surface area contributed by atoms with Crippen LogP contribution in [0.1, 0.15) is 25.2 Å². The summed E-state index contributed by atoms with van der Waals surface area (Å²) in [6.45, 7) is 1.14. The summed E-state index contributed by atoms with van der Waals surface area (Å²) in [6, 6.07) is 5.53. The van der Waals surface area contributed by atoms with Crippen molar-refractivity contribution >= 4 is 35.1 Å². The van der Waals surface area contributed by atoms with Gasteiger partial charge in [-0.2, -0.15) is 0 Å². The number of hydrogen-bond acceptors (Lipinski definition) is 5. The van der Waals surface area contributed by atoms with Crippen LogP contribution in [0.2, 0.25) is 0 Å². The molecule has 1 aromatic carbocycles. The second kappa shape index (κ2) is 8.46. The Morgan fingerprint density at radius 2 is 2.29 bits per heavy atom. The zero-order valence-electron chi connectivity index (χ0n) is 13.8. The number of carbonyl (C=O) groups is 1. The van der Waals surface area contributed by atoms with Crippen LogP contribution in [-0.4, -0.2) is 31.2 Å². The van der Waals surface area contributed by atoms with E-state index in [1.165, 1.54) is 0 Å². The van der Waals surface area contributed by atoms with Crippen LogP contribution in [0.3, 0.4) is 0 Å². The minimum absolute atomic E-state index is 0. The maximum Gasteiger partial charge on any atom is 0.227 e.